The minimum atomic E-state index is -0.801. The predicted octanol–water partition coefficient (Wildman–Crippen LogP) is 15.6. The van der Waals surface area contributed by atoms with Gasteiger partial charge in [-0.1, -0.05) is 113 Å². The minimum absolute atomic E-state index is 0.311. The highest BCUT2D eigenvalue weighted by Crippen LogP contribution is 2.42. The fourth-order valence-electron chi connectivity index (χ4n) is 7.96. The Morgan fingerprint density at radius 1 is 0.256 bits per heavy atom. The van der Waals surface area contributed by atoms with Crippen LogP contribution in [0.5, 0.6) is 28.7 Å². The van der Waals surface area contributed by atoms with Crippen LogP contribution < -0.4 is 23.7 Å². The summed E-state index contributed by atoms with van der Waals surface area (Å²) in [7, 11) is 2.51. The molecule has 6 aromatic carbocycles. The van der Waals surface area contributed by atoms with E-state index in [4.69, 9.17) is 37.9 Å². The zero-order chi connectivity index (χ0) is 57.9. The van der Waals surface area contributed by atoms with E-state index in [0.717, 1.165) is 38.9 Å². The Balaban J connectivity index is 0.000000338. The van der Waals surface area contributed by atoms with Gasteiger partial charge in [-0.15, -0.1) is 0 Å². The van der Waals surface area contributed by atoms with Gasteiger partial charge in [-0.05, 0) is 169 Å². The Morgan fingerprint density at radius 3 is 0.615 bits per heavy atom. The maximum absolute atomic E-state index is 12.3. The Labute approximate surface area is 458 Å². The smallest absolute Gasteiger partial charge is 0.437 e. The maximum Gasteiger partial charge on any atom is 0.514 e. The number of rotatable bonds is 12. The second-order valence-corrected chi connectivity index (χ2v) is 22.4. The van der Waals surface area contributed by atoms with Gasteiger partial charge in [0.25, 0.3) is 0 Å². The second kappa shape index (κ2) is 24.8. The molecule has 15 heteroatoms. The molecule has 0 N–H and O–H groups in total. The van der Waals surface area contributed by atoms with Gasteiger partial charge in [0.2, 0.25) is 0 Å². The van der Waals surface area contributed by atoms with Crippen LogP contribution in [0.25, 0.3) is 0 Å². The summed E-state index contributed by atoms with van der Waals surface area (Å²) in [5, 5.41) is 0. The molecule has 0 aliphatic carbocycles. The first-order valence-corrected chi connectivity index (χ1v) is 25.2. The fourth-order valence-corrected chi connectivity index (χ4v) is 7.96. The van der Waals surface area contributed by atoms with Crippen molar-refractivity contribution in [1.29, 1.82) is 0 Å². The van der Waals surface area contributed by atoms with Crippen LogP contribution in [0.1, 0.15) is 136 Å². The van der Waals surface area contributed by atoms with Crippen LogP contribution in [0.3, 0.4) is 0 Å². The molecule has 0 amide bonds. The van der Waals surface area contributed by atoms with Crippen LogP contribution in [-0.4, -0.2) is 61.8 Å². The number of hydrogen-bond acceptors (Lipinski definition) is 15. The van der Waals surface area contributed by atoms with Gasteiger partial charge in [0, 0.05) is 16.2 Å². The van der Waals surface area contributed by atoms with E-state index in [1.807, 2.05) is 60.7 Å². The number of methoxy groups -OCH3 is 2. The summed E-state index contributed by atoms with van der Waals surface area (Å²) in [6.07, 6.45) is -3.82. The molecule has 1 unspecified atom stereocenters. The van der Waals surface area contributed by atoms with Crippen molar-refractivity contribution in [3.8, 4) is 28.7 Å². The molecule has 0 aliphatic heterocycles. The number of hydrogen-bond donors (Lipinski definition) is 0. The third-order valence-electron chi connectivity index (χ3n) is 12.3. The van der Waals surface area contributed by atoms with Gasteiger partial charge in [0.1, 0.15) is 45.6 Å². The SMILES string of the molecule is COC(=O)Oc1ccc(C(C)(C)c2ccc(OC(=O)OC(C)(C)C)cc2)cc1.COC(=O)Oc1ccc(C(C)(c2ccc(OC(=O)OC(C)(C)C)cc2)c2ccc(C(C)(C)c3ccc(OC(=O)OC(C)(C)C)cc3)cc2)cc1. The molecule has 1 atom stereocenters. The summed E-state index contributed by atoms with van der Waals surface area (Å²) < 4.78 is 51.0. The molecule has 0 fully saturated rings. The van der Waals surface area contributed by atoms with Crippen molar-refractivity contribution in [2.45, 2.75) is 130 Å². The molecule has 0 spiro atoms. The van der Waals surface area contributed by atoms with E-state index in [0.29, 0.717) is 28.7 Å². The summed E-state index contributed by atoms with van der Waals surface area (Å²) in [6, 6.07) is 44.8. The number of benzene rings is 6. The van der Waals surface area contributed by atoms with E-state index in [-0.39, 0.29) is 10.8 Å². The molecule has 0 saturated carbocycles. The van der Waals surface area contributed by atoms with Crippen molar-refractivity contribution in [1.82, 2.24) is 0 Å². The van der Waals surface area contributed by atoms with Crippen LogP contribution in [0.2, 0.25) is 0 Å². The van der Waals surface area contributed by atoms with Gasteiger partial charge in [-0.3, -0.25) is 0 Å². The van der Waals surface area contributed by atoms with Gasteiger partial charge >= 0.3 is 30.8 Å². The van der Waals surface area contributed by atoms with E-state index >= 15 is 0 Å². The van der Waals surface area contributed by atoms with Crippen LogP contribution in [0, 0.1) is 0 Å². The van der Waals surface area contributed by atoms with Crippen molar-refractivity contribution in [3.63, 3.8) is 0 Å². The van der Waals surface area contributed by atoms with Crippen molar-refractivity contribution in [3.05, 3.63) is 185 Å². The lowest BCUT2D eigenvalue weighted by molar-refractivity contribution is 0.0193. The lowest BCUT2D eigenvalue weighted by atomic mass is 9.70. The lowest BCUT2D eigenvalue weighted by Crippen LogP contribution is -2.27. The highest BCUT2D eigenvalue weighted by molar-refractivity contribution is 5.67. The van der Waals surface area contributed by atoms with Crippen molar-refractivity contribution in [2.75, 3.05) is 14.2 Å². The average molecular weight is 1070 g/mol. The van der Waals surface area contributed by atoms with Gasteiger partial charge < -0.3 is 47.4 Å². The van der Waals surface area contributed by atoms with Crippen LogP contribution in [0.4, 0.5) is 24.0 Å². The molecule has 0 bridgehead atoms. The molecular weight excluding hydrogens is 997 g/mol. The zero-order valence-electron chi connectivity index (χ0n) is 47.5. The van der Waals surface area contributed by atoms with E-state index in [1.54, 1.807) is 123 Å². The molecule has 15 nitrogen and oxygen atoms in total. The molecule has 0 aromatic heterocycles. The van der Waals surface area contributed by atoms with E-state index < -0.39 is 53.0 Å². The largest absolute Gasteiger partial charge is 0.514 e. The topological polar surface area (TPSA) is 178 Å². The molecular formula is C63H72O15. The molecule has 0 heterocycles. The minimum Gasteiger partial charge on any atom is -0.437 e. The molecule has 78 heavy (non-hydrogen) atoms. The Hall–Kier alpha value is -8.33. The third-order valence-corrected chi connectivity index (χ3v) is 12.3. The van der Waals surface area contributed by atoms with Gasteiger partial charge in [-0.2, -0.15) is 0 Å². The fraction of sp³-hybridized carbons (Fsp3) is 0.349. The van der Waals surface area contributed by atoms with E-state index in [1.165, 1.54) is 14.2 Å². The average Bonchev–Trinajstić information content (AvgIpc) is 3.39. The lowest BCUT2D eigenvalue weighted by Gasteiger charge is -2.33. The monoisotopic (exact) mass is 1070 g/mol. The Kier molecular flexibility index (Phi) is 19.2. The number of carbonyl (C=O) groups excluding carboxylic acids is 5. The van der Waals surface area contributed by atoms with Crippen molar-refractivity contribution >= 4 is 30.8 Å². The molecule has 414 valence electrons. The van der Waals surface area contributed by atoms with Crippen LogP contribution >= 0.6 is 0 Å². The molecule has 6 rings (SSSR count). The third kappa shape index (κ3) is 17.1. The first kappa shape index (κ1) is 60.5. The van der Waals surface area contributed by atoms with E-state index in [2.05, 4.69) is 68.4 Å². The predicted molar refractivity (Wildman–Crippen MR) is 295 cm³/mol. The first-order chi connectivity index (χ1) is 36.3. The van der Waals surface area contributed by atoms with Gasteiger partial charge in [0.15, 0.2) is 0 Å². The van der Waals surface area contributed by atoms with Crippen LogP contribution in [0.15, 0.2) is 146 Å². The number of ether oxygens (including phenoxy) is 10. The molecule has 0 radical (unpaired) electrons. The standard InChI is InChI=1S/C41H46O9.C22H26O6/c1-38(2,3)49-36(43)47-33-21-15-28(16-22-33)40(7,8)27-11-13-29(14-12-27)41(9,30-17-23-32(24-18-30)46-35(42)45-10)31-19-25-34(26-20-31)48-37(44)50-39(4,5)6;1-21(2,3)28-20(24)27-18-13-9-16(10-14-18)22(4,5)15-7-11-17(12-8-15)26-19(23)25-6/h11-26H,1-10H3;7-14H,1-6H3. The maximum atomic E-state index is 12.3. The van der Waals surface area contributed by atoms with E-state index in [9.17, 15) is 24.0 Å². The quantitative estimate of drug-likeness (QED) is 0.0489. The molecule has 6 aromatic rings. The zero-order valence-corrected chi connectivity index (χ0v) is 47.5. The highest BCUT2D eigenvalue weighted by atomic mass is 16.8. The second-order valence-electron chi connectivity index (χ2n) is 22.4. The normalized spacial score (nSPS) is 12.5. The number of carbonyl (C=O) groups is 5. The first-order valence-electron chi connectivity index (χ1n) is 25.2. The summed E-state index contributed by atoms with van der Waals surface area (Å²) in [4.78, 5) is 59.1. The van der Waals surface area contributed by atoms with Gasteiger partial charge in [-0.25, -0.2) is 24.0 Å². The summed E-state index contributed by atoms with van der Waals surface area (Å²) in [5.41, 5.74) is 3.74. The van der Waals surface area contributed by atoms with Crippen molar-refractivity contribution < 1.29 is 71.3 Å². The highest BCUT2D eigenvalue weighted by Gasteiger charge is 2.33. The summed E-state index contributed by atoms with van der Waals surface area (Å²) >= 11 is 0. The Bertz CT molecular complexity index is 2970. The summed E-state index contributed by atoms with van der Waals surface area (Å²) in [6.45, 7) is 26.5. The molecule has 0 saturated heterocycles. The summed E-state index contributed by atoms with van der Waals surface area (Å²) in [5.74, 6) is 1.93. The molecule has 0 aliphatic rings. The van der Waals surface area contributed by atoms with Crippen molar-refractivity contribution in [2.24, 2.45) is 0 Å². The van der Waals surface area contributed by atoms with Crippen LogP contribution in [-0.2, 0) is 39.9 Å². The Morgan fingerprint density at radius 2 is 0.423 bits per heavy atom. The van der Waals surface area contributed by atoms with Gasteiger partial charge in [0.05, 0.1) is 14.2 Å².